The molecule has 0 saturated carbocycles. The molecule has 166 valence electrons. The van der Waals surface area contributed by atoms with Crippen molar-refractivity contribution in [3.8, 4) is 11.8 Å². The fourth-order valence-electron chi connectivity index (χ4n) is 3.29. The fraction of sp³-hybridized carbons (Fsp3) is 0.273. The Hall–Kier alpha value is -4.14. The summed E-state index contributed by atoms with van der Waals surface area (Å²) in [5.41, 5.74) is 1.79. The number of carbonyl (C=O) groups excluding carboxylic acids is 1. The average Bonchev–Trinajstić information content (AvgIpc) is 3.46. The van der Waals surface area contributed by atoms with Gasteiger partial charge in [0, 0.05) is 18.0 Å². The van der Waals surface area contributed by atoms with E-state index < -0.39 is 5.60 Å². The number of pyridine rings is 1. The van der Waals surface area contributed by atoms with Crippen LogP contribution in [0.15, 0.2) is 42.7 Å². The SMILES string of the molecule is O=C(NCc1ccccn1)c1cn(CCC#Cc2cc3cc(C4(O)COC4)[nH]c3nn2)nn1. The van der Waals surface area contributed by atoms with Gasteiger partial charge >= 0.3 is 0 Å². The standard InChI is InChI=1S/C22H20N8O3/c31-21(24-11-17-6-1-3-7-23-17)18-12-30(29-27-18)8-4-2-5-16-9-15-10-19(22(32)13-33-14-22)25-20(15)28-26-16/h1,3,6-7,9-10,12,32H,4,8,11,13-14H2,(H,24,31)(H,25,28). The highest BCUT2D eigenvalue weighted by molar-refractivity contribution is 5.91. The maximum Gasteiger partial charge on any atom is 0.273 e. The van der Waals surface area contributed by atoms with Crippen molar-refractivity contribution in [2.24, 2.45) is 0 Å². The molecule has 1 fully saturated rings. The number of nitrogens with zero attached hydrogens (tertiary/aromatic N) is 6. The van der Waals surface area contributed by atoms with Crippen LogP contribution in [0.3, 0.4) is 0 Å². The van der Waals surface area contributed by atoms with E-state index in [2.05, 4.69) is 47.6 Å². The third-order valence-electron chi connectivity index (χ3n) is 5.17. The van der Waals surface area contributed by atoms with E-state index in [-0.39, 0.29) is 24.8 Å². The number of hydrogen-bond acceptors (Lipinski definition) is 8. The van der Waals surface area contributed by atoms with Gasteiger partial charge in [-0.3, -0.25) is 14.5 Å². The number of aromatic nitrogens is 7. The second-order valence-corrected chi connectivity index (χ2v) is 7.66. The first-order chi connectivity index (χ1) is 16.1. The molecule has 0 spiro atoms. The summed E-state index contributed by atoms with van der Waals surface area (Å²) in [6.07, 6.45) is 3.75. The lowest BCUT2D eigenvalue weighted by atomic mass is 9.98. The van der Waals surface area contributed by atoms with Crippen molar-refractivity contribution in [2.45, 2.75) is 25.1 Å². The Labute approximate surface area is 188 Å². The monoisotopic (exact) mass is 444 g/mol. The first-order valence-corrected chi connectivity index (χ1v) is 10.3. The summed E-state index contributed by atoms with van der Waals surface area (Å²) in [4.78, 5) is 19.5. The van der Waals surface area contributed by atoms with Gasteiger partial charge in [-0.2, -0.15) is 0 Å². The van der Waals surface area contributed by atoms with Gasteiger partial charge in [0.1, 0.15) is 5.69 Å². The van der Waals surface area contributed by atoms with E-state index in [1.165, 1.54) is 0 Å². The molecule has 4 aromatic heterocycles. The molecule has 1 saturated heterocycles. The Morgan fingerprint density at radius 1 is 1.27 bits per heavy atom. The van der Waals surface area contributed by atoms with Gasteiger partial charge in [0.25, 0.3) is 5.91 Å². The van der Waals surface area contributed by atoms with E-state index in [0.717, 1.165) is 11.1 Å². The van der Waals surface area contributed by atoms with Crippen molar-refractivity contribution in [1.29, 1.82) is 0 Å². The van der Waals surface area contributed by atoms with E-state index in [0.29, 0.717) is 36.5 Å². The van der Waals surface area contributed by atoms with Crippen LogP contribution in [0.4, 0.5) is 0 Å². The lowest BCUT2D eigenvalue weighted by Gasteiger charge is -2.35. The number of aryl methyl sites for hydroxylation is 1. The minimum atomic E-state index is -0.988. The van der Waals surface area contributed by atoms with Gasteiger partial charge in [0.05, 0.1) is 43.9 Å². The van der Waals surface area contributed by atoms with Gasteiger partial charge in [0.15, 0.2) is 16.9 Å². The normalized spacial score (nSPS) is 14.3. The number of H-pyrrole nitrogens is 1. The fourth-order valence-corrected chi connectivity index (χ4v) is 3.29. The molecule has 0 unspecified atom stereocenters. The van der Waals surface area contributed by atoms with Crippen molar-refractivity contribution < 1.29 is 14.6 Å². The largest absolute Gasteiger partial charge is 0.379 e. The van der Waals surface area contributed by atoms with E-state index >= 15 is 0 Å². The molecule has 0 bridgehead atoms. The number of aliphatic hydroxyl groups is 1. The lowest BCUT2D eigenvalue weighted by Crippen LogP contribution is -2.46. The summed E-state index contributed by atoms with van der Waals surface area (Å²) < 4.78 is 6.66. The molecule has 11 heteroatoms. The molecule has 1 amide bonds. The molecule has 33 heavy (non-hydrogen) atoms. The van der Waals surface area contributed by atoms with E-state index in [1.807, 2.05) is 30.3 Å². The number of carbonyl (C=O) groups is 1. The molecule has 0 aromatic carbocycles. The Kier molecular flexibility index (Phi) is 5.52. The van der Waals surface area contributed by atoms with Crippen molar-refractivity contribution in [1.82, 2.24) is 40.5 Å². The third-order valence-corrected chi connectivity index (χ3v) is 5.17. The van der Waals surface area contributed by atoms with Crippen LogP contribution in [0.5, 0.6) is 0 Å². The van der Waals surface area contributed by atoms with Gasteiger partial charge in [-0.25, -0.2) is 0 Å². The van der Waals surface area contributed by atoms with E-state index in [4.69, 9.17) is 4.74 Å². The first kappa shape index (κ1) is 20.7. The highest BCUT2D eigenvalue weighted by Crippen LogP contribution is 2.30. The molecule has 1 aliphatic rings. The van der Waals surface area contributed by atoms with Crippen LogP contribution >= 0.6 is 0 Å². The number of ether oxygens (including phenoxy) is 1. The Morgan fingerprint density at radius 3 is 2.97 bits per heavy atom. The van der Waals surface area contributed by atoms with Crippen LogP contribution in [-0.4, -0.2) is 59.4 Å². The summed E-state index contributed by atoms with van der Waals surface area (Å²) in [6, 6.07) is 9.17. The predicted octanol–water partition coefficient (Wildman–Crippen LogP) is 0.534. The topological polar surface area (TPSA) is 144 Å². The summed E-state index contributed by atoms with van der Waals surface area (Å²) in [7, 11) is 0. The molecule has 11 nitrogen and oxygen atoms in total. The second kappa shape index (κ2) is 8.78. The van der Waals surface area contributed by atoms with Crippen LogP contribution in [0.25, 0.3) is 11.0 Å². The molecule has 0 radical (unpaired) electrons. The highest BCUT2D eigenvalue weighted by atomic mass is 16.5. The lowest BCUT2D eigenvalue weighted by molar-refractivity contribution is -0.186. The maximum atomic E-state index is 12.2. The van der Waals surface area contributed by atoms with Crippen LogP contribution in [0, 0.1) is 11.8 Å². The molecule has 1 aliphatic heterocycles. The minimum absolute atomic E-state index is 0.233. The summed E-state index contributed by atoms with van der Waals surface area (Å²) in [5.74, 6) is 5.69. The number of aromatic amines is 1. The Balaban J connectivity index is 1.15. The molecular formula is C22H20N8O3. The summed E-state index contributed by atoms with van der Waals surface area (Å²) >= 11 is 0. The number of nitrogens with one attached hydrogen (secondary N) is 2. The zero-order valence-corrected chi connectivity index (χ0v) is 17.5. The van der Waals surface area contributed by atoms with Gasteiger partial charge in [-0.1, -0.05) is 17.2 Å². The average molecular weight is 444 g/mol. The van der Waals surface area contributed by atoms with E-state index in [9.17, 15) is 9.90 Å². The zero-order valence-electron chi connectivity index (χ0n) is 17.5. The number of rotatable bonds is 6. The smallest absolute Gasteiger partial charge is 0.273 e. The maximum absolute atomic E-state index is 12.2. The van der Waals surface area contributed by atoms with Crippen molar-refractivity contribution in [2.75, 3.05) is 13.2 Å². The van der Waals surface area contributed by atoms with Gasteiger partial charge < -0.3 is 20.1 Å². The first-order valence-electron chi connectivity index (χ1n) is 10.3. The third kappa shape index (κ3) is 4.57. The second-order valence-electron chi connectivity index (χ2n) is 7.66. The van der Waals surface area contributed by atoms with Gasteiger partial charge in [0.2, 0.25) is 0 Å². The molecule has 0 aliphatic carbocycles. The van der Waals surface area contributed by atoms with Crippen LogP contribution < -0.4 is 5.32 Å². The molecular weight excluding hydrogens is 424 g/mol. The van der Waals surface area contributed by atoms with E-state index in [1.54, 1.807) is 17.1 Å². The van der Waals surface area contributed by atoms with Crippen LogP contribution in [0.2, 0.25) is 0 Å². The molecule has 3 N–H and O–H groups in total. The number of fused-ring (bicyclic) bond motifs is 1. The van der Waals surface area contributed by atoms with Crippen LogP contribution in [0.1, 0.15) is 34.0 Å². The summed E-state index contributed by atoms with van der Waals surface area (Å²) in [5, 5.41) is 30.1. The number of hydrogen-bond donors (Lipinski definition) is 3. The van der Waals surface area contributed by atoms with Crippen molar-refractivity contribution in [3.63, 3.8) is 0 Å². The minimum Gasteiger partial charge on any atom is -0.379 e. The van der Waals surface area contributed by atoms with Crippen molar-refractivity contribution >= 4 is 16.9 Å². The Bertz CT molecular complexity index is 1350. The molecule has 5 rings (SSSR count). The van der Waals surface area contributed by atoms with Crippen molar-refractivity contribution in [3.05, 3.63) is 65.5 Å². The highest BCUT2D eigenvalue weighted by Gasteiger charge is 2.39. The zero-order chi connectivity index (χ0) is 22.7. The summed E-state index contributed by atoms with van der Waals surface area (Å²) in [6.45, 7) is 1.31. The molecule has 5 heterocycles. The number of amides is 1. The van der Waals surface area contributed by atoms with Gasteiger partial charge in [-0.15, -0.1) is 15.3 Å². The molecule has 4 aromatic rings. The molecule has 0 atom stereocenters. The van der Waals surface area contributed by atoms with Crippen LogP contribution in [-0.2, 0) is 23.4 Å². The quantitative estimate of drug-likeness (QED) is 0.366. The Morgan fingerprint density at radius 2 is 2.18 bits per heavy atom. The van der Waals surface area contributed by atoms with Gasteiger partial charge in [-0.05, 0) is 30.2 Å². The predicted molar refractivity (Wildman–Crippen MR) is 116 cm³/mol.